The van der Waals surface area contributed by atoms with Gasteiger partial charge in [-0.25, -0.2) is 0 Å². The molecule has 3 heteroatoms. The molecule has 0 aliphatic carbocycles. The van der Waals surface area contributed by atoms with E-state index < -0.39 is 6.04 Å². The van der Waals surface area contributed by atoms with Gasteiger partial charge in [-0.1, -0.05) is 20.8 Å². The van der Waals surface area contributed by atoms with Crippen LogP contribution in [-0.4, -0.2) is 18.5 Å². The van der Waals surface area contributed by atoms with Crippen molar-refractivity contribution in [1.29, 1.82) is 0 Å². The standard InChI is InChI=1S/C9H20N2O/c1-6(2)7(3)5-11-9(12)8(4)10/h6-8H,5,10H2,1-4H3,(H,11,12)/t7?,8-/m0/s1. The number of rotatable bonds is 4. The molecule has 1 unspecified atom stereocenters. The molecule has 3 nitrogen and oxygen atoms in total. The van der Waals surface area contributed by atoms with E-state index in [1.54, 1.807) is 6.92 Å². The minimum Gasteiger partial charge on any atom is -0.354 e. The van der Waals surface area contributed by atoms with Gasteiger partial charge in [-0.3, -0.25) is 4.79 Å². The molecule has 0 heterocycles. The van der Waals surface area contributed by atoms with Crippen LogP contribution >= 0.6 is 0 Å². The topological polar surface area (TPSA) is 55.1 Å². The van der Waals surface area contributed by atoms with Gasteiger partial charge in [0.2, 0.25) is 5.91 Å². The third kappa shape index (κ3) is 4.34. The van der Waals surface area contributed by atoms with E-state index in [4.69, 9.17) is 5.73 Å². The number of hydrogen-bond acceptors (Lipinski definition) is 2. The van der Waals surface area contributed by atoms with Crippen LogP contribution in [0, 0.1) is 11.8 Å². The molecule has 0 fully saturated rings. The predicted molar refractivity (Wildman–Crippen MR) is 50.7 cm³/mol. The second-order valence-electron chi connectivity index (χ2n) is 3.76. The van der Waals surface area contributed by atoms with E-state index in [2.05, 4.69) is 26.1 Å². The highest BCUT2D eigenvalue weighted by Crippen LogP contribution is 2.07. The van der Waals surface area contributed by atoms with Gasteiger partial charge in [-0.05, 0) is 18.8 Å². The Balaban J connectivity index is 3.61. The SMILES string of the molecule is CC(C)C(C)CNC(=O)[C@H](C)N. The molecule has 0 saturated carbocycles. The summed E-state index contributed by atoms with van der Waals surface area (Å²) in [5.74, 6) is 1.04. The number of nitrogens with two attached hydrogens (primary N) is 1. The number of carbonyl (C=O) groups is 1. The fourth-order valence-corrected chi connectivity index (χ4v) is 0.658. The zero-order valence-corrected chi connectivity index (χ0v) is 8.42. The van der Waals surface area contributed by atoms with E-state index in [-0.39, 0.29) is 5.91 Å². The van der Waals surface area contributed by atoms with Gasteiger partial charge in [-0.15, -0.1) is 0 Å². The molecule has 0 aliphatic heterocycles. The van der Waals surface area contributed by atoms with Crippen molar-refractivity contribution in [3.63, 3.8) is 0 Å². The molecule has 72 valence electrons. The van der Waals surface area contributed by atoms with E-state index in [1.807, 2.05) is 0 Å². The van der Waals surface area contributed by atoms with Gasteiger partial charge in [0.05, 0.1) is 6.04 Å². The average Bonchev–Trinajstić information content (AvgIpc) is 1.98. The number of nitrogens with one attached hydrogen (secondary N) is 1. The van der Waals surface area contributed by atoms with E-state index in [1.165, 1.54) is 0 Å². The lowest BCUT2D eigenvalue weighted by Gasteiger charge is -2.16. The predicted octanol–water partition coefficient (Wildman–Crippen LogP) is 0.742. The quantitative estimate of drug-likeness (QED) is 0.657. The fraction of sp³-hybridized carbons (Fsp3) is 0.889. The molecule has 0 spiro atoms. The molecule has 0 bridgehead atoms. The Morgan fingerprint density at radius 1 is 1.33 bits per heavy atom. The van der Waals surface area contributed by atoms with Gasteiger partial charge in [0, 0.05) is 6.54 Å². The summed E-state index contributed by atoms with van der Waals surface area (Å²) in [5, 5.41) is 2.80. The lowest BCUT2D eigenvalue weighted by molar-refractivity contribution is -0.122. The molecule has 0 aliphatic rings. The summed E-state index contributed by atoms with van der Waals surface area (Å²) < 4.78 is 0. The van der Waals surface area contributed by atoms with Crippen molar-refractivity contribution >= 4 is 5.91 Å². The maximum Gasteiger partial charge on any atom is 0.236 e. The molecule has 0 radical (unpaired) electrons. The third-order valence-corrected chi connectivity index (χ3v) is 2.15. The lowest BCUT2D eigenvalue weighted by Crippen LogP contribution is -2.40. The number of amides is 1. The molecule has 1 amide bonds. The Labute approximate surface area is 74.7 Å². The third-order valence-electron chi connectivity index (χ3n) is 2.15. The first-order chi connectivity index (χ1) is 5.45. The summed E-state index contributed by atoms with van der Waals surface area (Å²) in [5.41, 5.74) is 5.39. The Morgan fingerprint density at radius 3 is 2.17 bits per heavy atom. The molecular weight excluding hydrogens is 152 g/mol. The molecular formula is C9H20N2O. The highest BCUT2D eigenvalue weighted by atomic mass is 16.2. The Kier molecular flexibility index (Phi) is 4.90. The molecule has 0 aromatic carbocycles. The zero-order valence-electron chi connectivity index (χ0n) is 8.42. The van der Waals surface area contributed by atoms with Crippen LogP contribution in [-0.2, 0) is 4.79 Å². The maximum atomic E-state index is 11.0. The van der Waals surface area contributed by atoms with E-state index in [9.17, 15) is 4.79 Å². The summed E-state index contributed by atoms with van der Waals surface area (Å²) in [6, 6.07) is -0.399. The van der Waals surface area contributed by atoms with Gasteiger partial charge in [0.15, 0.2) is 0 Å². The monoisotopic (exact) mass is 172 g/mol. The first-order valence-electron chi connectivity index (χ1n) is 4.48. The van der Waals surface area contributed by atoms with Crippen LogP contribution in [0.25, 0.3) is 0 Å². The van der Waals surface area contributed by atoms with E-state index in [0.717, 1.165) is 6.54 Å². The van der Waals surface area contributed by atoms with Crippen LogP contribution in [0.5, 0.6) is 0 Å². The van der Waals surface area contributed by atoms with Gasteiger partial charge >= 0.3 is 0 Å². The first-order valence-corrected chi connectivity index (χ1v) is 4.48. The van der Waals surface area contributed by atoms with Gasteiger partial charge in [0.25, 0.3) is 0 Å². The minimum atomic E-state index is -0.399. The second-order valence-corrected chi connectivity index (χ2v) is 3.76. The second kappa shape index (κ2) is 5.14. The van der Waals surface area contributed by atoms with Crippen LogP contribution in [0.2, 0.25) is 0 Å². The average molecular weight is 172 g/mol. The summed E-state index contributed by atoms with van der Waals surface area (Å²) in [6.45, 7) is 8.81. The van der Waals surface area contributed by atoms with Crippen molar-refractivity contribution in [2.45, 2.75) is 33.7 Å². The summed E-state index contributed by atoms with van der Waals surface area (Å²) in [4.78, 5) is 11.0. The van der Waals surface area contributed by atoms with Crippen LogP contribution in [0.3, 0.4) is 0 Å². The smallest absolute Gasteiger partial charge is 0.236 e. The molecule has 2 atom stereocenters. The Bertz CT molecular complexity index is 143. The molecule has 0 rings (SSSR count). The molecule has 0 saturated heterocycles. The normalized spacial score (nSPS) is 15.8. The van der Waals surface area contributed by atoms with Gasteiger partial charge in [0.1, 0.15) is 0 Å². The zero-order chi connectivity index (χ0) is 9.72. The molecule has 0 aromatic heterocycles. The van der Waals surface area contributed by atoms with E-state index in [0.29, 0.717) is 11.8 Å². The molecule has 3 N–H and O–H groups in total. The van der Waals surface area contributed by atoms with Crippen molar-refractivity contribution in [3.8, 4) is 0 Å². The first kappa shape index (κ1) is 11.4. The van der Waals surface area contributed by atoms with Crippen LogP contribution in [0.4, 0.5) is 0 Å². The number of carbonyl (C=O) groups excluding carboxylic acids is 1. The van der Waals surface area contributed by atoms with Crippen molar-refractivity contribution in [3.05, 3.63) is 0 Å². The van der Waals surface area contributed by atoms with Crippen molar-refractivity contribution in [2.24, 2.45) is 17.6 Å². The Morgan fingerprint density at radius 2 is 1.83 bits per heavy atom. The molecule has 0 aromatic rings. The minimum absolute atomic E-state index is 0.0671. The largest absolute Gasteiger partial charge is 0.354 e. The van der Waals surface area contributed by atoms with Crippen LogP contribution in [0.1, 0.15) is 27.7 Å². The van der Waals surface area contributed by atoms with Crippen LogP contribution < -0.4 is 11.1 Å². The van der Waals surface area contributed by atoms with Crippen molar-refractivity contribution in [1.82, 2.24) is 5.32 Å². The summed E-state index contributed by atoms with van der Waals surface area (Å²) in [7, 11) is 0. The van der Waals surface area contributed by atoms with Crippen LogP contribution in [0.15, 0.2) is 0 Å². The van der Waals surface area contributed by atoms with E-state index >= 15 is 0 Å². The maximum absolute atomic E-state index is 11.0. The fourth-order valence-electron chi connectivity index (χ4n) is 0.658. The van der Waals surface area contributed by atoms with Gasteiger partial charge in [-0.2, -0.15) is 0 Å². The number of hydrogen-bond donors (Lipinski definition) is 2. The lowest BCUT2D eigenvalue weighted by atomic mass is 9.98. The Hall–Kier alpha value is -0.570. The van der Waals surface area contributed by atoms with Crippen molar-refractivity contribution in [2.75, 3.05) is 6.54 Å². The summed E-state index contributed by atoms with van der Waals surface area (Å²) in [6.07, 6.45) is 0. The highest BCUT2D eigenvalue weighted by molar-refractivity contribution is 5.80. The molecule has 12 heavy (non-hydrogen) atoms. The summed E-state index contributed by atoms with van der Waals surface area (Å²) >= 11 is 0. The van der Waals surface area contributed by atoms with Crippen molar-refractivity contribution < 1.29 is 4.79 Å². The highest BCUT2D eigenvalue weighted by Gasteiger charge is 2.10. The van der Waals surface area contributed by atoms with Gasteiger partial charge < -0.3 is 11.1 Å².